The van der Waals surface area contributed by atoms with E-state index in [9.17, 15) is 19.1 Å². The molecule has 0 aromatic heterocycles. The van der Waals surface area contributed by atoms with Gasteiger partial charge in [-0.1, -0.05) is 54.6 Å². The maximum Gasteiger partial charge on any atom is 0.336 e. The highest BCUT2D eigenvalue weighted by Gasteiger charge is 2.10. The van der Waals surface area contributed by atoms with Gasteiger partial charge in [0, 0.05) is 13.0 Å². The van der Waals surface area contributed by atoms with E-state index in [1.807, 2.05) is 36.4 Å². The van der Waals surface area contributed by atoms with Gasteiger partial charge in [-0.05, 0) is 59.7 Å². The van der Waals surface area contributed by atoms with Crippen LogP contribution in [0, 0.1) is 5.82 Å². The predicted molar refractivity (Wildman–Crippen MR) is 115 cm³/mol. The van der Waals surface area contributed by atoms with E-state index >= 15 is 0 Å². The molecule has 0 spiro atoms. The number of carboxylic acids is 1. The van der Waals surface area contributed by atoms with E-state index in [0.29, 0.717) is 18.5 Å². The third-order valence-electron chi connectivity index (χ3n) is 4.92. The van der Waals surface area contributed by atoms with Crippen molar-refractivity contribution in [3.63, 3.8) is 0 Å². The maximum atomic E-state index is 13.2. The van der Waals surface area contributed by atoms with Crippen LogP contribution in [0.1, 0.15) is 40.7 Å². The monoisotopic (exact) mass is 405 g/mol. The smallest absolute Gasteiger partial charge is 0.336 e. The van der Waals surface area contributed by atoms with Gasteiger partial charge in [0.05, 0.1) is 5.56 Å². The second-order valence-corrected chi connectivity index (χ2v) is 7.16. The number of carboxylic acid groups (broad SMARTS) is 1. The molecule has 0 bridgehead atoms. The SMILES string of the molecule is O=C(CCCCc1cccc(F)c1)NCc1ccc(-c2ccccc2C(=O)O)cc1. The first-order valence-corrected chi connectivity index (χ1v) is 9.96. The summed E-state index contributed by atoms with van der Waals surface area (Å²) in [5, 5.41) is 12.2. The van der Waals surface area contributed by atoms with Crippen molar-refractivity contribution in [1.29, 1.82) is 0 Å². The average Bonchev–Trinajstić information content (AvgIpc) is 2.76. The summed E-state index contributed by atoms with van der Waals surface area (Å²) >= 11 is 0. The lowest BCUT2D eigenvalue weighted by molar-refractivity contribution is -0.121. The van der Waals surface area contributed by atoms with E-state index in [4.69, 9.17) is 0 Å². The van der Waals surface area contributed by atoms with Gasteiger partial charge >= 0.3 is 5.97 Å². The number of benzene rings is 3. The standard InChI is InChI=1S/C25H24FNO3/c26-21-8-5-7-18(16-21)6-1-4-11-24(28)27-17-19-12-14-20(15-13-19)22-9-2-3-10-23(22)25(29)30/h2-3,5,7-10,12-16H,1,4,6,11,17H2,(H,27,28)(H,29,30). The minimum Gasteiger partial charge on any atom is -0.478 e. The lowest BCUT2D eigenvalue weighted by Gasteiger charge is -2.09. The van der Waals surface area contributed by atoms with Crippen molar-refractivity contribution >= 4 is 11.9 Å². The number of aryl methyl sites for hydroxylation is 1. The number of carbonyl (C=O) groups excluding carboxylic acids is 1. The number of halogens is 1. The number of amides is 1. The minimum atomic E-state index is -0.959. The van der Waals surface area contributed by atoms with Gasteiger partial charge in [0.15, 0.2) is 0 Å². The lowest BCUT2D eigenvalue weighted by Crippen LogP contribution is -2.22. The molecule has 3 aromatic carbocycles. The molecule has 0 radical (unpaired) electrons. The zero-order valence-corrected chi connectivity index (χ0v) is 16.6. The molecule has 0 unspecified atom stereocenters. The predicted octanol–water partition coefficient (Wildman–Crippen LogP) is 5.22. The largest absolute Gasteiger partial charge is 0.478 e. The lowest BCUT2D eigenvalue weighted by atomic mass is 9.99. The zero-order valence-electron chi connectivity index (χ0n) is 16.6. The van der Waals surface area contributed by atoms with Gasteiger partial charge in [-0.15, -0.1) is 0 Å². The Bertz CT molecular complexity index is 1010. The molecule has 30 heavy (non-hydrogen) atoms. The van der Waals surface area contributed by atoms with E-state index in [1.54, 1.807) is 24.3 Å². The number of nitrogens with one attached hydrogen (secondary N) is 1. The van der Waals surface area contributed by atoms with Crippen LogP contribution in [0.15, 0.2) is 72.8 Å². The third-order valence-corrected chi connectivity index (χ3v) is 4.92. The molecule has 3 aromatic rings. The molecule has 4 nitrogen and oxygen atoms in total. The van der Waals surface area contributed by atoms with Crippen molar-refractivity contribution in [2.45, 2.75) is 32.2 Å². The van der Waals surface area contributed by atoms with Gasteiger partial charge < -0.3 is 10.4 Å². The molecule has 5 heteroatoms. The van der Waals surface area contributed by atoms with Crippen molar-refractivity contribution < 1.29 is 19.1 Å². The Morgan fingerprint density at radius 1 is 0.867 bits per heavy atom. The highest BCUT2D eigenvalue weighted by atomic mass is 19.1. The van der Waals surface area contributed by atoms with Crippen molar-refractivity contribution in [2.24, 2.45) is 0 Å². The molecule has 0 saturated heterocycles. The summed E-state index contributed by atoms with van der Waals surface area (Å²) in [5.74, 6) is -1.21. The maximum absolute atomic E-state index is 13.2. The number of carbonyl (C=O) groups is 2. The van der Waals surface area contributed by atoms with Crippen molar-refractivity contribution in [2.75, 3.05) is 0 Å². The molecule has 3 rings (SSSR count). The summed E-state index contributed by atoms with van der Waals surface area (Å²) in [5.41, 5.74) is 3.63. The fraction of sp³-hybridized carbons (Fsp3) is 0.200. The fourth-order valence-electron chi connectivity index (χ4n) is 3.32. The summed E-state index contributed by atoms with van der Waals surface area (Å²) in [6.45, 7) is 0.420. The zero-order chi connectivity index (χ0) is 21.3. The summed E-state index contributed by atoms with van der Waals surface area (Å²) in [4.78, 5) is 23.4. The Hall–Kier alpha value is -3.47. The van der Waals surface area contributed by atoms with E-state index in [-0.39, 0.29) is 17.3 Å². The second kappa shape index (κ2) is 10.3. The molecule has 0 heterocycles. The van der Waals surface area contributed by atoms with Crippen LogP contribution in [-0.4, -0.2) is 17.0 Å². The number of unbranched alkanes of at least 4 members (excludes halogenated alkanes) is 1. The van der Waals surface area contributed by atoms with E-state index < -0.39 is 5.97 Å². The van der Waals surface area contributed by atoms with Gasteiger partial charge in [-0.3, -0.25) is 4.79 Å². The average molecular weight is 405 g/mol. The number of aromatic carboxylic acids is 1. The van der Waals surface area contributed by atoms with Crippen LogP contribution >= 0.6 is 0 Å². The third kappa shape index (κ3) is 6.01. The van der Waals surface area contributed by atoms with Crippen LogP contribution in [-0.2, 0) is 17.8 Å². The highest BCUT2D eigenvalue weighted by molar-refractivity contribution is 5.96. The van der Waals surface area contributed by atoms with Gasteiger partial charge in [-0.2, -0.15) is 0 Å². The molecule has 0 aliphatic carbocycles. The number of rotatable bonds is 9. The van der Waals surface area contributed by atoms with Crippen LogP contribution in [0.2, 0.25) is 0 Å². The summed E-state index contributed by atoms with van der Waals surface area (Å²) in [6.07, 6.45) is 2.76. The Morgan fingerprint density at radius 3 is 2.37 bits per heavy atom. The van der Waals surface area contributed by atoms with Crippen LogP contribution in [0.25, 0.3) is 11.1 Å². The Kier molecular flexibility index (Phi) is 7.33. The Morgan fingerprint density at radius 2 is 1.63 bits per heavy atom. The first-order chi connectivity index (χ1) is 14.5. The summed E-state index contributed by atoms with van der Waals surface area (Å²) in [6, 6.07) is 20.9. The quantitative estimate of drug-likeness (QED) is 0.480. The molecule has 0 atom stereocenters. The Balaban J connectivity index is 1.45. The second-order valence-electron chi connectivity index (χ2n) is 7.16. The molecule has 154 valence electrons. The normalized spacial score (nSPS) is 10.6. The van der Waals surface area contributed by atoms with Crippen molar-refractivity contribution in [3.8, 4) is 11.1 Å². The first-order valence-electron chi connectivity index (χ1n) is 9.96. The van der Waals surface area contributed by atoms with E-state index in [1.165, 1.54) is 12.1 Å². The van der Waals surface area contributed by atoms with Crippen LogP contribution < -0.4 is 5.32 Å². The van der Waals surface area contributed by atoms with Crippen molar-refractivity contribution in [1.82, 2.24) is 5.32 Å². The first kappa shape index (κ1) is 21.2. The van der Waals surface area contributed by atoms with Gasteiger partial charge in [0.25, 0.3) is 0 Å². The molecule has 0 aliphatic heterocycles. The van der Waals surface area contributed by atoms with Crippen LogP contribution in [0.3, 0.4) is 0 Å². The van der Waals surface area contributed by atoms with Gasteiger partial charge in [-0.25, -0.2) is 9.18 Å². The fourth-order valence-corrected chi connectivity index (χ4v) is 3.32. The van der Waals surface area contributed by atoms with Crippen LogP contribution in [0.5, 0.6) is 0 Å². The highest BCUT2D eigenvalue weighted by Crippen LogP contribution is 2.24. The van der Waals surface area contributed by atoms with E-state index in [0.717, 1.165) is 36.0 Å². The Labute approximate surface area is 175 Å². The summed E-state index contributed by atoms with van der Waals surface area (Å²) in [7, 11) is 0. The summed E-state index contributed by atoms with van der Waals surface area (Å²) < 4.78 is 13.2. The number of hydrogen-bond donors (Lipinski definition) is 2. The molecular formula is C25H24FNO3. The molecular weight excluding hydrogens is 381 g/mol. The van der Waals surface area contributed by atoms with Crippen molar-refractivity contribution in [3.05, 3.63) is 95.3 Å². The van der Waals surface area contributed by atoms with Gasteiger partial charge in [0.1, 0.15) is 5.82 Å². The molecule has 0 saturated carbocycles. The molecule has 0 aliphatic rings. The number of hydrogen-bond acceptors (Lipinski definition) is 2. The molecule has 1 amide bonds. The molecule has 2 N–H and O–H groups in total. The van der Waals surface area contributed by atoms with E-state index in [2.05, 4.69) is 5.32 Å². The van der Waals surface area contributed by atoms with Gasteiger partial charge in [0.2, 0.25) is 5.91 Å². The molecule has 0 fully saturated rings. The topological polar surface area (TPSA) is 66.4 Å². The minimum absolute atomic E-state index is 0.0189. The van der Waals surface area contributed by atoms with Crippen LogP contribution in [0.4, 0.5) is 4.39 Å².